The lowest BCUT2D eigenvalue weighted by molar-refractivity contribution is 0.146. The molecule has 0 saturated carbocycles. The minimum Gasteiger partial charge on any atom is -0.312 e. The van der Waals surface area contributed by atoms with Crippen molar-refractivity contribution in [1.82, 2.24) is 14.5 Å². The smallest absolute Gasteiger partial charge is 0.280 e. The maximum Gasteiger partial charge on any atom is 0.280 e. The Morgan fingerprint density at radius 2 is 1.91 bits per heavy atom. The molecule has 0 aliphatic rings. The standard InChI is InChI=1S/C16H15F2N3OS/c1-3-23(22)13-7-5-4-6-10(13)15-20-12-9-8-11(14(17)18)19-16(12)21(15)2/h4-9,14H,3H2,1-2H3. The van der Waals surface area contributed by atoms with Gasteiger partial charge in [0, 0.05) is 23.3 Å². The summed E-state index contributed by atoms with van der Waals surface area (Å²) in [5, 5.41) is 0. The number of imidazole rings is 1. The quantitative estimate of drug-likeness (QED) is 0.730. The largest absolute Gasteiger partial charge is 0.312 e. The summed E-state index contributed by atoms with van der Waals surface area (Å²) in [6.45, 7) is 1.85. The average Bonchev–Trinajstić information content (AvgIpc) is 2.90. The Kier molecular flexibility index (Phi) is 4.21. The van der Waals surface area contributed by atoms with Crippen molar-refractivity contribution >= 4 is 22.0 Å². The van der Waals surface area contributed by atoms with E-state index in [2.05, 4.69) is 9.97 Å². The SMILES string of the molecule is CCS(=O)c1ccccc1-c1nc2ccc(C(F)F)nc2n1C. The van der Waals surface area contributed by atoms with E-state index in [1.165, 1.54) is 12.1 Å². The lowest BCUT2D eigenvalue weighted by Crippen LogP contribution is -2.01. The van der Waals surface area contributed by atoms with Gasteiger partial charge in [0.05, 0.1) is 10.8 Å². The molecule has 2 aromatic heterocycles. The summed E-state index contributed by atoms with van der Waals surface area (Å²) in [6, 6.07) is 10.1. The van der Waals surface area contributed by atoms with Gasteiger partial charge in [0.2, 0.25) is 0 Å². The number of alkyl halides is 2. The van der Waals surface area contributed by atoms with Crippen LogP contribution in [-0.4, -0.2) is 24.5 Å². The molecule has 1 aromatic carbocycles. The highest BCUT2D eigenvalue weighted by Crippen LogP contribution is 2.29. The maximum absolute atomic E-state index is 12.8. The number of hydrogen-bond donors (Lipinski definition) is 0. The molecule has 120 valence electrons. The van der Waals surface area contributed by atoms with Gasteiger partial charge in [-0.25, -0.2) is 18.7 Å². The Labute approximate surface area is 134 Å². The van der Waals surface area contributed by atoms with E-state index in [9.17, 15) is 13.0 Å². The number of aryl methyl sites for hydroxylation is 1. The molecule has 0 bridgehead atoms. The van der Waals surface area contributed by atoms with Gasteiger partial charge in [-0.3, -0.25) is 4.21 Å². The number of hydrogen-bond acceptors (Lipinski definition) is 3. The number of halogens is 2. The lowest BCUT2D eigenvalue weighted by Gasteiger charge is -2.08. The number of aromatic nitrogens is 3. The lowest BCUT2D eigenvalue weighted by atomic mass is 10.2. The van der Waals surface area contributed by atoms with Gasteiger partial charge in [-0.2, -0.15) is 0 Å². The van der Waals surface area contributed by atoms with E-state index in [1.807, 2.05) is 25.1 Å². The molecule has 23 heavy (non-hydrogen) atoms. The van der Waals surface area contributed by atoms with Gasteiger partial charge in [0.15, 0.2) is 5.65 Å². The van der Waals surface area contributed by atoms with Crippen molar-refractivity contribution < 1.29 is 13.0 Å². The molecule has 3 rings (SSSR count). The van der Waals surface area contributed by atoms with Gasteiger partial charge in [-0.05, 0) is 18.2 Å². The first kappa shape index (κ1) is 15.7. The summed E-state index contributed by atoms with van der Waals surface area (Å²) in [6.07, 6.45) is -2.63. The Hall–Kier alpha value is -2.15. The van der Waals surface area contributed by atoms with Crippen LogP contribution in [0.5, 0.6) is 0 Å². The molecule has 0 amide bonds. The predicted octanol–water partition coefficient (Wildman–Crippen LogP) is 3.70. The van der Waals surface area contributed by atoms with Crippen molar-refractivity contribution in [3.05, 3.63) is 42.1 Å². The normalized spacial score (nSPS) is 12.9. The van der Waals surface area contributed by atoms with Crippen LogP contribution in [0.1, 0.15) is 19.0 Å². The summed E-state index contributed by atoms with van der Waals surface area (Å²) in [7, 11) is 0.583. The van der Waals surface area contributed by atoms with Gasteiger partial charge in [0.25, 0.3) is 6.43 Å². The fourth-order valence-electron chi connectivity index (χ4n) is 2.45. The molecule has 4 nitrogen and oxygen atoms in total. The first-order valence-corrected chi connectivity index (χ1v) is 8.44. The first-order chi connectivity index (χ1) is 11.0. The monoisotopic (exact) mass is 335 g/mol. The van der Waals surface area contributed by atoms with Crippen LogP contribution in [0.25, 0.3) is 22.6 Å². The number of nitrogens with zero attached hydrogens (tertiary/aromatic N) is 3. The highest BCUT2D eigenvalue weighted by atomic mass is 32.2. The molecule has 0 radical (unpaired) electrons. The van der Waals surface area contributed by atoms with Crippen molar-refractivity contribution in [1.29, 1.82) is 0 Å². The highest BCUT2D eigenvalue weighted by Gasteiger charge is 2.18. The van der Waals surface area contributed by atoms with E-state index in [1.54, 1.807) is 17.7 Å². The van der Waals surface area contributed by atoms with Crippen molar-refractivity contribution in [2.24, 2.45) is 7.05 Å². The van der Waals surface area contributed by atoms with Crippen LogP contribution in [0.2, 0.25) is 0 Å². The molecule has 3 aromatic rings. The van der Waals surface area contributed by atoms with Gasteiger partial charge >= 0.3 is 0 Å². The second-order valence-electron chi connectivity index (χ2n) is 5.00. The van der Waals surface area contributed by atoms with Crippen LogP contribution in [0.3, 0.4) is 0 Å². The third-order valence-corrected chi connectivity index (χ3v) is 4.97. The molecule has 1 unspecified atom stereocenters. The molecule has 0 aliphatic heterocycles. The predicted molar refractivity (Wildman–Crippen MR) is 85.9 cm³/mol. The van der Waals surface area contributed by atoms with Crippen molar-refractivity contribution in [2.75, 3.05) is 5.75 Å². The number of rotatable bonds is 4. The van der Waals surface area contributed by atoms with Crippen molar-refractivity contribution in [3.63, 3.8) is 0 Å². The number of pyridine rings is 1. The number of benzene rings is 1. The molecule has 1 atom stereocenters. The van der Waals surface area contributed by atoms with E-state index in [4.69, 9.17) is 0 Å². The zero-order chi connectivity index (χ0) is 16.6. The number of fused-ring (bicyclic) bond motifs is 1. The first-order valence-electron chi connectivity index (χ1n) is 7.12. The Balaban J connectivity index is 2.22. The fraction of sp³-hybridized carbons (Fsp3) is 0.250. The van der Waals surface area contributed by atoms with E-state index >= 15 is 0 Å². The molecule has 2 heterocycles. The molecular weight excluding hydrogens is 320 g/mol. The Morgan fingerprint density at radius 1 is 1.17 bits per heavy atom. The van der Waals surface area contributed by atoms with Crippen LogP contribution in [0, 0.1) is 0 Å². The van der Waals surface area contributed by atoms with E-state index in [-0.39, 0.29) is 5.69 Å². The Bertz CT molecular complexity index is 892. The molecule has 7 heteroatoms. The molecule has 0 spiro atoms. The van der Waals surface area contributed by atoms with Gasteiger partial charge in [0.1, 0.15) is 17.0 Å². The third-order valence-electron chi connectivity index (χ3n) is 3.60. The second-order valence-corrected chi connectivity index (χ2v) is 6.71. The van der Waals surface area contributed by atoms with Crippen LogP contribution < -0.4 is 0 Å². The molecular formula is C16H15F2N3OS. The van der Waals surface area contributed by atoms with Gasteiger partial charge in [-0.15, -0.1) is 0 Å². The van der Waals surface area contributed by atoms with E-state index in [0.29, 0.717) is 27.6 Å². The fourth-order valence-corrected chi connectivity index (χ4v) is 3.39. The summed E-state index contributed by atoms with van der Waals surface area (Å²) in [5.74, 6) is 1.06. The second kappa shape index (κ2) is 6.16. The highest BCUT2D eigenvalue weighted by molar-refractivity contribution is 7.85. The molecule has 0 aliphatic carbocycles. The summed E-state index contributed by atoms with van der Waals surface area (Å²) >= 11 is 0. The van der Waals surface area contributed by atoms with Crippen LogP contribution in [-0.2, 0) is 17.8 Å². The zero-order valence-corrected chi connectivity index (χ0v) is 13.5. The summed E-state index contributed by atoms with van der Waals surface area (Å²) in [4.78, 5) is 9.15. The van der Waals surface area contributed by atoms with Gasteiger partial charge in [-0.1, -0.05) is 25.1 Å². The third kappa shape index (κ3) is 2.76. The van der Waals surface area contributed by atoms with Crippen LogP contribution >= 0.6 is 0 Å². The topological polar surface area (TPSA) is 47.8 Å². The maximum atomic E-state index is 12.8. The minimum absolute atomic E-state index is 0.280. The minimum atomic E-state index is -2.63. The molecule has 0 fully saturated rings. The van der Waals surface area contributed by atoms with Gasteiger partial charge < -0.3 is 4.57 Å². The van der Waals surface area contributed by atoms with Crippen molar-refractivity contribution in [2.45, 2.75) is 18.2 Å². The van der Waals surface area contributed by atoms with E-state index in [0.717, 1.165) is 5.56 Å². The summed E-state index contributed by atoms with van der Waals surface area (Å²) < 4.78 is 39.6. The molecule has 0 N–H and O–H groups in total. The molecule has 0 saturated heterocycles. The van der Waals surface area contributed by atoms with E-state index < -0.39 is 17.2 Å². The summed E-state index contributed by atoms with van der Waals surface area (Å²) in [5.41, 5.74) is 1.36. The van der Waals surface area contributed by atoms with Crippen LogP contribution in [0.15, 0.2) is 41.3 Å². The average molecular weight is 335 g/mol. The zero-order valence-electron chi connectivity index (χ0n) is 12.7. The Morgan fingerprint density at radius 3 is 2.61 bits per heavy atom. The van der Waals surface area contributed by atoms with Crippen LogP contribution in [0.4, 0.5) is 8.78 Å². The van der Waals surface area contributed by atoms with Crippen molar-refractivity contribution in [3.8, 4) is 11.4 Å².